The standard InChI is InChI=1S/C20H19N5O2/c1-14-23-16-7-3-5-9-18(16)24(14)11-10-21-20(27)13-25-17-8-4-2-6-15(17)19(26)12-22-25/h2-9,12H,10-11,13H2,1H3,(H,21,27). The molecule has 0 spiro atoms. The zero-order chi connectivity index (χ0) is 18.8. The molecule has 1 amide bonds. The maximum absolute atomic E-state index is 12.3. The van der Waals surface area contributed by atoms with Crippen molar-refractivity contribution in [1.29, 1.82) is 0 Å². The Morgan fingerprint density at radius 2 is 1.81 bits per heavy atom. The normalized spacial score (nSPS) is 11.1. The third-order valence-electron chi connectivity index (χ3n) is 4.56. The van der Waals surface area contributed by atoms with Gasteiger partial charge in [0.25, 0.3) is 0 Å². The molecule has 0 saturated heterocycles. The SMILES string of the molecule is Cc1nc2ccccc2n1CCNC(=O)Cn1ncc(=O)c2ccccc21. The van der Waals surface area contributed by atoms with E-state index in [1.54, 1.807) is 22.9 Å². The van der Waals surface area contributed by atoms with Crippen LogP contribution in [0.1, 0.15) is 5.82 Å². The lowest BCUT2D eigenvalue weighted by Gasteiger charge is -2.11. The maximum atomic E-state index is 12.3. The van der Waals surface area contributed by atoms with E-state index in [0.29, 0.717) is 24.0 Å². The molecule has 7 nitrogen and oxygen atoms in total. The zero-order valence-corrected chi connectivity index (χ0v) is 14.9. The second-order valence-electron chi connectivity index (χ2n) is 6.33. The number of carbonyl (C=O) groups excluding carboxylic acids is 1. The Morgan fingerprint density at radius 1 is 1.07 bits per heavy atom. The summed E-state index contributed by atoms with van der Waals surface area (Å²) in [5.74, 6) is 0.761. The Hall–Kier alpha value is -3.48. The van der Waals surface area contributed by atoms with Crippen molar-refractivity contribution in [3.8, 4) is 0 Å². The lowest BCUT2D eigenvalue weighted by Crippen LogP contribution is -2.31. The Balaban J connectivity index is 1.44. The number of aryl methyl sites for hydroxylation is 1. The fourth-order valence-electron chi connectivity index (χ4n) is 3.26. The van der Waals surface area contributed by atoms with Gasteiger partial charge in [0.1, 0.15) is 12.4 Å². The molecule has 0 fully saturated rings. The molecule has 0 bridgehead atoms. The molecule has 0 radical (unpaired) electrons. The maximum Gasteiger partial charge on any atom is 0.241 e. The van der Waals surface area contributed by atoms with E-state index in [2.05, 4.69) is 20.0 Å². The van der Waals surface area contributed by atoms with Gasteiger partial charge in [-0.2, -0.15) is 5.10 Å². The van der Waals surface area contributed by atoms with Crippen LogP contribution in [-0.2, 0) is 17.9 Å². The van der Waals surface area contributed by atoms with Gasteiger partial charge in [-0.3, -0.25) is 14.3 Å². The first-order valence-electron chi connectivity index (χ1n) is 8.77. The smallest absolute Gasteiger partial charge is 0.241 e. The van der Waals surface area contributed by atoms with Gasteiger partial charge in [-0.1, -0.05) is 24.3 Å². The van der Waals surface area contributed by atoms with Crippen molar-refractivity contribution in [2.45, 2.75) is 20.0 Å². The highest BCUT2D eigenvalue weighted by molar-refractivity contribution is 5.81. The highest BCUT2D eigenvalue weighted by Crippen LogP contribution is 2.14. The van der Waals surface area contributed by atoms with Crippen LogP contribution in [0, 0.1) is 6.92 Å². The van der Waals surface area contributed by atoms with Crippen LogP contribution in [-0.4, -0.2) is 31.8 Å². The molecule has 2 heterocycles. The molecule has 0 unspecified atom stereocenters. The van der Waals surface area contributed by atoms with Gasteiger partial charge in [0.2, 0.25) is 11.3 Å². The number of hydrogen-bond donors (Lipinski definition) is 1. The number of para-hydroxylation sites is 3. The minimum Gasteiger partial charge on any atom is -0.353 e. The summed E-state index contributed by atoms with van der Waals surface area (Å²) in [5.41, 5.74) is 2.50. The van der Waals surface area contributed by atoms with Gasteiger partial charge in [0.15, 0.2) is 0 Å². The van der Waals surface area contributed by atoms with Crippen LogP contribution in [0.3, 0.4) is 0 Å². The highest BCUT2D eigenvalue weighted by Gasteiger charge is 2.09. The number of fused-ring (bicyclic) bond motifs is 2. The van der Waals surface area contributed by atoms with E-state index in [1.165, 1.54) is 6.20 Å². The van der Waals surface area contributed by atoms with Gasteiger partial charge in [-0.05, 0) is 31.2 Å². The van der Waals surface area contributed by atoms with E-state index in [0.717, 1.165) is 16.9 Å². The molecule has 0 atom stereocenters. The van der Waals surface area contributed by atoms with Gasteiger partial charge in [-0.15, -0.1) is 0 Å². The summed E-state index contributed by atoms with van der Waals surface area (Å²) in [6.07, 6.45) is 1.25. The van der Waals surface area contributed by atoms with Crippen LogP contribution in [0.5, 0.6) is 0 Å². The summed E-state index contributed by atoms with van der Waals surface area (Å²) in [6.45, 7) is 3.14. The quantitative estimate of drug-likeness (QED) is 0.588. The van der Waals surface area contributed by atoms with Crippen molar-refractivity contribution in [3.63, 3.8) is 0 Å². The Labute approximate surface area is 155 Å². The van der Waals surface area contributed by atoms with E-state index in [1.807, 2.05) is 37.3 Å². The molecule has 1 N–H and O–H groups in total. The minimum absolute atomic E-state index is 0.0600. The number of nitrogens with one attached hydrogen (secondary N) is 1. The van der Waals surface area contributed by atoms with E-state index >= 15 is 0 Å². The van der Waals surface area contributed by atoms with Crippen molar-refractivity contribution in [2.75, 3.05) is 6.54 Å². The molecule has 4 aromatic rings. The molecule has 2 aromatic heterocycles. The largest absolute Gasteiger partial charge is 0.353 e. The first-order valence-corrected chi connectivity index (χ1v) is 8.77. The molecule has 2 aromatic carbocycles. The van der Waals surface area contributed by atoms with Crippen molar-refractivity contribution in [2.24, 2.45) is 0 Å². The summed E-state index contributed by atoms with van der Waals surface area (Å²) < 4.78 is 3.63. The predicted molar refractivity (Wildman–Crippen MR) is 103 cm³/mol. The van der Waals surface area contributed by atoms with Crippen molar-refractivity contribution < 1.29 is 4.79 Å². The van der Waals surface area contributed by atoms with Gasteiger partial charge >= 0.3 is 0 Å². The average Bonchev–Trinajstić information content (AvgIpc) is 3.00. The average molecular weight is 361 g/mol. The molecule has 4 rings (SSSR count). The van der Waals surface area contributed by atoms with E-state index in [9.17, 15) is 9.59 Å². The van der Waals surface area contributed by atoms with Gasteiger partial charge < -0.3 is 9.88 Å². The predicted octanol–water partition coefficient (Wildman–Crippen LogP) is 1.87. The summed E-state index contributed by atoms with van der Waals surface area (Å²) in [4.78, 5) is 28.7. The molecule has 136 valence electrons. The van der Waals surface area contributed by atoms with Crippen LogP contribution in [0.4, 0.5) is 0 Å². The number of nitrogens with zero attached hydrogens (tertiary/aromatic N) is 4. The van der Waals surface area contributed by atoms with Crippen molar-refractivity contribution >= 4 is 27.8 Å². The molecular formula is C20H19N5O2. The zero-order valence-electron chi connectivity index (χ0n) is 14.9. The van der Waals surface area contributed by atoms with Gasteiger partial charge in [0.05, 0.1) is 22.7 Å². The summed E-state index contributed by atoms with van der Waals surface area (Å²) in [7, 11) is 0. The Kier molecular flexibility index (Phi) is 4.42. The second-order valence-corrected chi connectivity index (χ2v) is 6.33. The number of rotatable bonds is 5. The molecule has 7 heteroatoms. The van der Waals surface area contributed by atoms with Crippen LogP contribution >= 0.6 is 0 Å². The molecule has 0 aliphatic heterocycles. The number of hydrogen-bond acceptors (Lipinski definition) is 4. The third-order valence-corrected chi connectivity index (χ3v) is 4.56. The molecule has 0 saturated carbocycles. The molecular weight excluding hydrogens is 342 g/mol. The fourth-order valence-corrected chi connectivity index (χ4v) is 3.26. The van der Waals surface area contributed by atoms with E-state index < -0.39 is 0 Å². The highest BCUT2D eigenvalue weighted by atomic mass is 16.2. The summed E-state index contributed by atoms with van der Waals surface area (Å²) in [5, 5.41) is 7.56. The molecule has 0 aliphatic rings. The van der Waals surface area contributed by atoms with Crippen molar-refractivity contribution in [3.05, 3.63) is 70.8 Å². The topological polar surface area (TPSA) is 81.8 Å². The monoisotopic (exact) mass is 361 g/mol. The minimum atomic E-state index is -0.154. The fraction of sp³-hybridized carbons (Fsp3) is 0.200. The van der Waals surface area contributed by atoms with Crippen LogP contribution < -0.4 is 10.7 Å². The number of imidazole rings is 1. The summed E-state index contributed by atoms with van der Waals surface area (Å²) in [6, 6.07) is 15.1. The Bertz CT molecular complexity index is 1190. The van der Waals surface area contributed by atoms with Gasteiger partial charge in [-0.25, -0.2) is 4.98 Å². The molecule has 27 heavy (non-hydrogen) atoms. The van der Waals surface area contributed by atoms with Crippen LogP contribution in [0.15, 0.2) is 59.5 Å². The van der Waals surface area contributed by atoms with Crippen LogP contribution in [0.25, 0.3) is 21.9 Å². The lowest BCUT2D eigenvalue weighted by molar-refractivity contribution is -0.121. The van der Waals surface area contributed by atoms with E-state index in [-0.39, 0.29) is 17.9 Å². The number of carbonyl (C=O) groups is 1. The Morgan fingerprint density at radius 3 is 2.67 bits per heavy atom. The van der Waals surface area contributed by atoms with Crippen LogP contribution in [0.2, 0.25) is 0 Å². The molecule has 0 aliphatic carbocycles. The first kappa shape index (κ1) is 17.0. The first-order chi connectivity index (χ1) is 13.1. The second kappa shape index (κ2) is 7.03. The number of amides is 1. The summed E-state index contributed by atoms with van der Waals surface area (Å²) >= 11 is 0. The lowest BCUT2D eigenvalue weighted by atomic mass is 10.2. The van der Waals surface area contributed by atoms with E-state index in [4.69, 9.17) is 0 Å². The third kappa shape index (κ3) is 3.31. The number of benzene rings is 2. The number of aromatic nitrogens is 4. The van der Waals surface area contributed by atoms with Crippen molar-refractivity contribution in [1.82, 2.24) is 24.6 Å². The van der Waals surface area contributed by atoms with Gasteiger partial charge in [0, 0.05) is 18.5 Å².